The largest absolute Gasteiger partial charge is 0.398 e. The number of carbonyl (C=O) groups is 1. The molecule has 5 heteroatoms. The number of benzene rings is 1. The van der Waals surface area contributed by atoms with Crippen molar-refractivity contribution in [1.82, 2.24) is 4.98 Å². The molecule has 0 saturated carbocycles. The topological polar surface area (TPSA) is 62.5 Å². The minimum Gasteiger partial charge on any atom is -0.398 e. The first-order chi connectivity index (χ1) is 10.6. The molecular formula is C17H20N4O. The smallest absolute Gasteiger partial charge is 0.259 e. The molecule has 114 valence electrons. The van der Waals surface area contributed by atoms with E-state index in [1.54, 1.807) is 6.20 Å². The molecule has 22 heavy (non-hydrogen) atoms. The highest BCUT2D eigenvalue weighted by Crippen LogP contribution is 2.32. The fourth-order valence-corrected chi connectivity index (χ4v) is 2.80. The van der Waals surface area contributed by atoms with E-state index in [-0.39, 0.29) is 5.91 Å². The van der Waals surface area contributed by atoms with Gasteiger partial charge in [-0.1, -0.05) is 6.07 Å². The Balaban J connectivity index is 1.92. The molecule has 2 N–H and O–H groups in total. The molecule has 5 nitrogen and oxygen atoms in total. The van der Waals surface area contributed by atoms with Gasteiger partial charge in [-0.3, -0.25) is 4.79 Å². The number of anilines is 3. The van der Waals surface area contributed by atoms with Gasteiger partial charge in [0, 0.05) is 38.2 Å². The molecule has 2 heterocycles. The third-order valence-electron chi connectivity index (χ3n) is 3.98. The number of hydrogen-bond acceptors (Lipinski definition) is 4. The van der Waals surface area contributed by atoms with Gasteiger partial charge in [0.25, 0.3) is 5.91 Å². The van der Waals surface area contributed by atoms with Crippen molar-refractivity contribution in [1.29, 1.82) is 0 Å². The van der Waals surface area contributed by atoms with Crippen LogP contribution in [0.25, 0.3) is 0 Å². The lowest BCUT2D eigenvalue weighted by Gasteiger charge is -2.30. The standard InChI is InChI=1S/C17H20N4O/c1-20(2)16-9-8-12(11-19-16)17(22)21-10-4-5-13-14(18)6-3-7-15(13)21/h3,6-9,11H,4-5,10,18H2,1-2H3. The Bertz CT molecular complexity index is 694. The first-order valence-corrected chi connectivity index (χ1v) is 7.40. The number of amides is 1. The second kappa shape index (κ2) is 5.67. The van der Waals surface area contributed by atoms with E-state index in [0.29, 0.717) is 12.1 Å². The fourth-order valence-electron chi connectivity index (χ4n) is 2.80. The highest BCUT2D eigenvalue weighted by molar-refractivity contribution is 6.07. The summed E-state index contributed by atoms with van der Waals surface area (Å²) < 4.78 is 0. The number of aromatic nitrogens is 1. The SMILES string of the molecule is CN(C)c1ccc(C(=O)N2CCCc3c(N)cccc32)cn1. The van der Waals surface area contributed by atoms with Crippen molar-refractivity contribution in [3.05, 3.63) is 47.7 Å². The Morgan fingerprint density at radius 3 is 2.77 bits per heavy atom. The molecule has 0 aliphatic carbocycles. The molecule has 1 aliphatic rings. The summed E-state index contributed by atoms with van der Waals surface area (Å²) in [7, 11) is 3.85. The molecule has 0 spiro atoms. The van der Waals surface area contributed by atoms with Crippen molar-refractivity contribution in [3.8, 4) is 0 Å². The van der Waals surface area contributed by atoms with Gasteiger partial charge < -0.3 is 15.5 Å². The second-order valence-electron chi connectivity index (χ2n) is 5.70. The van der Waals surface area contributed by atoms with Gasteiger partial charge in [-0.25, -0.2) is 4.98 Å². The van der Waals surface area contributed by atoms with Crippen LogP contribution in [-0.2, 0) is 6.42 Å². The van der Waals surface area contributed by atoms with Crippen LogP contribution in [0.1, 0.15) is 22.3 Å². The molecule has 1 aromatic carbocycles. The summed E-state index contributed by atoms with van der Waals surface area (Å²) in [5.74, 6) is 0.809. The summed E-state index contributed by atoms with van der Waals surface area (Å²) >= 11 is 0. The number of fused-ring (bicyclic) bond motifs is 1. The Hall–Kier alpha value is -2.56. The van der Waals surface area contributed by atoms with Crippen molar-refractivity contribution in [3.63, 3.8) is 0 Å². The average Bonchev–Trinajstić information content (AvgIpc) is 2.54. The van der Waals surface area contributed by atoms with Gasteiger partial charge >= 0.3 is 0 Å². The van der Waals surface area contributed by atoms with Crippen molar-refractivity contribution in [2.75, 3.05) is 36.2 Å². The van der Waals surface area contributed by atoms with Crippen LogP contribution < -0.4 is 15.5 Å². The summed E-state index contributed by atoms with van der Waals surface area (Å²) in [5.41, 5.74) is 9.39. The fraction of sp³-hybridized carbons (Fsp3) is 0.294. The zero-order valence-electron chi connectivity index (χ0n) is 12.9. The summed E-state index contributed by atoms with van der Waals surface area (Å²) in [6.45, 7) is 0.713. The third kappa shape index (κ3) is 2.50. The van der Waals surface area contributed by atoms with Crippen LogP contribution in [0.2, 0.25) is 0 Å². The maximum Gasteiger partial charge on any atom is 0.259 e. The predicted octanol–water partition coefficient (Wildman–Crippen LogP) is 2.32. The van der Waals surface area contributed by atoms with Crippen molar-refractivity contribution in [2.24, 2.45) is 0 Å². The van der Waals surface area contributed by atoms with Crippen LogP contribution in [0, 0.1) is 0 Å². The summed E-state index contributed by atoms with van der Waals surface area (Å²) in [6.07, 6.45) is 3.48. The first kappa shape index (κ1) is 14.4. The number of nitrogen functional groups attached to an aromatic ring is 1. The maximum atomic E-state index is 12.8. The Morgan fingerprint density at radius 1 is 1.27 bits per heavy atom. The number of carbonyl (C=O) groups excluding carboxylic acids is 1. The van der Waals surface area contributed by atoms with Gasteiger partial charge in [-0.15, -0.1) is 0 Å². The molecule has 0 bridgehead atoms. The minimum absolute atomic E-state index is 0.0237. The summed E-state index contributed by atoms with van der Waals surface area (Å²) in [4.78, 5) is 20.8. The van der Waals surface area contributed by atoms with Crippen LogP contribution in [0.15, 0.2) is 36.5 Å². The summed E-state index contributed by atoms with van der Waals surface area (Å²) in [5, 5.41) is 0. The Labute approximate surface area is 130 Å². The van der Waals surface area contributed by atoms with Crippen LogP contribution in [0.3, 0.4) is 0 Å². The number of nitrogens with two attached hydrogens (primary N) is 1. The molecule has 1 aliphatic heterocycles. The van der Waals surface area contributed by atoms with Crippen molar-refractivity contribution < 1.29 is 4.79 Å². The minimum atomic E-state index is -0.0237. The normalized spacial score (nSPS) is 13.6. The molecule has 0 atom stereocenters. The average molecular weight is 296 g/mol. The number of rotatable bonds is 2. The van der Waals surface area contributed by atoms with Gasteiger partial charge in [0.2, 0.25) is 0 Å². The lowest BCUT2D eigenvalue weighted by molar-refractivity contribution is 0.0985. The van der Waals surface area contributed by atoms with Crippen molar-refractivity contribution in [2.45, 2.75) is 12.8 Å². The predicted molar refractivity (Wildman–Crippen MR) is 89.4 cm³/mol. The molecule has 2 aromatic rings. The van der Waals surface area contributed by atoms with E-state index in [0.717, 1.165) is 35.6 Å². The van der Waals surface area contributed by atoms with E-state index >= 15 is 0 Å². The van der Waals surface area contributed by atoms with Crippen LogP contribution in [-0.4, -0.2) is 31.5 Å². The van der Waals surface area contributed by atoms with Crippen LogP contribution >= 0.6 is 0 Å². The Kier molecular flexibility index (Phi) is 3.71. The van der Waals surface area contributed by atoms with Gasteiger partial charge in [0.1, 0.15) is 5.82 Å². The van der Waals surface area contributed by atoms with Crippen LogP contribution in [0.5, 0.6) is 0 Å². The molecule has 0 radical (unpaired) electrons. The van der Waals surface area contributed by atoms with Crippen molar-refractivity contribution >= 4 is 23.1 Å². The van der Waals surface area contributed by atoms with E-state index in [4.69, 9.17) is 5.73 Å². The molecule has 0 fully saturated rings. The van der Waals surface area contributed by atoms with Gasteiger partial charge in [0.05, 0.1) is 5.56 Å². The van der Waals surface area contributed by atoms with Crippen LogP contribution in [0.4, 0.5) is 17.2 Å². The molecular weight excluding hydrogens is 276 g/mol. The lowest BCUT2D eigenvalue weighted by Crippen LogP contribution is -2.35. The van der Waals surface area contributed by atoms with E-state index in [9.17, 15) is 4.79 Å². The van der Waals surface area contributed by atoms with Gasteiger partial charge in [0.15, 0.2) is 0 Å². The lowest BCUT2D eigenvalue weighted by atomic mass is 9.99. The molecule has 3 rings (SSSR count). The Morgan fingerprint density at radius 2 is 2.09 bits per heavy atom. The van der Waals surface area contributed by atoms with E-state index in [2.05, 4.69) is 4.98 Å². The number of nitrogens with zero attached hydrogens (tertiary/aromatic N) is 3. The van der Waals surface area contributed by atoms with E-state index in [1.165, 1.54) is 0 Å². The quantitative estimate of drug-likeness (QED) is 0.864. The third-order valence-corrected chi connectivity index (χ3v) is 3.98. The second-order valence-corrected chi connectivity index (χ2v) is 5.70. The highest BCUT2D eigenvalue weighted by atomic mass is 16.2. The molecule has 0 unspecified atom stereocenters. The number of hydrogen-bond donors (Lipinski definition) is 1. The number of pyridine rings is 1. The van der Waals surface area contributed by atoms with Gasteiger partial charge in [-0.2, -0.15) is 0 Å². The highest BCUT2D eigenvalue weighted by Gasteiger charge is 2.24. The van der Waals surface area contributed by atoms with Gasteiger partial charge in [-0.05, 0) is 42.7 Å². The van der Waals surface area contributed by atoms with E-state index < -0.39 is 0 Å². The maximum absolute atomic E-state index is 12.8. The molecule has 0 saturated heterocycles. The zero-order valence-corrected chi connectivity index (χ0v) is 12.9. The van der Waals surface area contributed by atoms with E-state index in [1.807, 2.05) is 54.2 Å². The molecule has 1 amide bonds. The first-order valence-electron chi connectivity index (χ1n) is 7.40. The zero-order chi connectivity index (χ0) is 15.7. The summed E-state index contributed by atoms with van der Waals surface area (Å²) in [6, 6.07) is 9.43. The molecule has 1 aromatic heterocycles. The monoisotopic (exact) mass is 296 g/mol.